The van der Waals surface area contributed by atoms with Gasteiger partial charge in [-0.2, -0.15) is 0 Å². The van der Waals surface area contributed by atoms with Crippen LogP contribution in [0.15, 0.2) is 24.3 Å². The summed E-state index contributed by atoms with van der Waals surface area (Å²) in [7, 11) is 0. The van der Waals surface area contributed by atoms with Crippen molar-refractivity contribution in [3.63, 3.8) is 0 Å². The van der Waals surface area contributed by atoms with Crippen LogP contribution in [-0.2, 0) is 19.3 Å². The summed E-state index contributed by atoms with van der Waals surface area (Å²) in [6, 6.07) is 8.34. The van der Waals surface area contributed by atoms with Crippen LogP contribution in [0, 0.1) is 0 Å². The van der Waals surface area contributed by atoms with Gasteiger partial charge in [0, 0.05) is 16.2 Å². The van der Waals surface area contributed by atoms with Crippen LogP contribution in [0.1, 0.15) is 51.8 Å². The van der Waals surface area contributed by atoms with Crippen molar-refractivity contribution in [2.24, 2.45) is 0 Å². The van der Waals surface area contributed by atoms with Crippen LogP contribution in [0.25, 0.3) is 0 Å². The standard InChI is InChI=1S/C18H20O2S/c19-18(14-6-7-15-12(10-14)8-9-20-15)17-11-13-4-2-1-3-5-16(13)21-17/h6-7,10-11,18-19H,1-5,8-9H2. The summed E-state index contributed by atoms with van der Waals surface area (Å²) < 4.78 is 5.54. The smallest absolute Gasteiger partial charge is 0.122 e. The van der Waals surface area contributed by atoms with Crippen molar-refractivity contribution >= 4 is 11.3 Å². The van der Waals surface area contributed by atoms with Gasteiger partial charge in [-0.1, -0.05) is 12.5 Å². The molecule has 21 heavy (non-hydrogen) atoms. The third-order valence-corrected chi connectivity index (χ3v) is 5.85. The molecular weight excluding hydrogens is 280 g/mol. The van der Waals surface area contributed by atoms with E-state index >= 15 is 0 Å². The zero-order valence-electron chi connectivity index (χ0n) is 12.1. The highest BCUT2D eigenvalue weighted by Crippen LogP contribution is 2.36. The van der Waals surface area contributed by atoms with Crippen molar-refractivity contribution in [1.29, 1.82) is 0 Å². The number of rotatable bonds is 2. The molecule has 110 valence electrons. The summed E-state index contributed by atoms with van der Waals surface area (Å²) in [6.07, 6.45) is 6.74. The normalized spacial score (nSPS) is 18.5. The number of thiophene rings is 1. The van der Waals surface area contributed by atoms with E-state index in [1.54, 1.807) is 11.3 Å². The van der Waals surface area contributed by atoms with Crippen molar-refractivity contribution in [2.45, 2.75) is 44.6 Å². The summed E-state index contributed by atoms with van der Waals surface area (Å²) in [5, 5.41) is 10.7. The Bertz CT molecular complexity index is 636. The van der Waals surface area contributed by atoms with Gasteiger partial charge in [-0.05, 0) is 60.6 Å². The fourth-order valence-corrected chi connectivity index (χ4v) is 4.64. The van der Waals surface area contributed by atoms with E-state index in [9.17, 15) is 5.11 Å². The molecule has 1 unspecified atom stereocenters. The van der Waals surface area contributed by atoms with Gasteiger partial charge in [0.05, 0.1) is 6.61 Å². The lowest BCUT2D eigenvalue weighted by molar-refractivity contribution is 0.224. The topological polar surface area (TPSA) is 29.5 Å². The van der Waals surface area contributed by atoms with Crippen molar-refractivity contribution < 1.29 is 9.84 Å². The number of ether oxygens (including phenoxy) is 1. The Morgan fingerprint density at radius 1 is 1.00 bits per heavy atom. The molecular formula is C18H20O2S. The SMILES string of the molecule is OC(c1ccc2c(c1)CCO2)c1cc2c(s1)CCCCC2. The van der Waals surface area contributed by atoms with Gasteiger partial charge in [-0.15, -0.1) is 11.3 Å². The molecule has 2 nitrogen and oxygen atoms in total. The fourth-order valence-electron chi connectivity index (χ4n) is 3.37. The van der Waals surface area contributed by atoms with E-state index in [-0.39, 0.29) is 0 Å². The molecule has 0 amide bonds. The minimum Gasteiger partial charge on any atom is -0.493 e. The van der Waals surface area contributed by atoms with Gasteiger partial charge < -0.3 is 9.84 Å². The van der Waals surface area contributed by atoms with Gasteiger partial charge >= 0.3 is 0 Å². The molecule has 3 heteroatoms. The highest BCUT2D eigenvalue weighted by Gasteiger charge is 2.20. The Balaban J connectivity index is 1.64. The quantitative estimate of drug-likeness (QED) is 0.848. The maximum atomic E-state index is 10.7. The molecule has 1 aliphatic carbocycles. The minimum absolute atomic E-state index is 0.493. The van der Waals surface area contributed by atoms with Crippen molar-refractivity contribution in [3.05, 3.63) is 50.7 Å². The van der Waals surface area contributed by atoms with Gasteiger partial charge in [0.1, 0.15) is 11.9 Å². The molecule has 1 atom stereocenters. The number of hydrogen-bond acceptors (Lipinski definition) is 3. The predicted octanol–water partition coefficient (Wildman–Crippen LogP) is 4.03. The highest BCUT2D eigenvalue weighted by atomic mass is 32.1. The Morgan fingerprint density at radius 2 is 1.90 bits per heavy atom. The number of aryl methyl sites for hydroxylation is 2. The first kappa shape index (κ1) is 13.4. The Labute approximate surface area is 129 Å². The van der Waals surface area contributed by atoms with Crippen LogP contribution in [0.5, 0.6) is 5.75 Å². The van der Waals surface area contributed by atoms with E-state index in [2.05, 4.69) is 12.1 Å². The molecule has 2 aromatic rings. The molecule has 1 aromatic heterocycles. The van der Waals surface area contributed by atoms with Crippen LogP contribution < -0.4 is 4.74 Å². The van der Waals surface area contributed by atoms with E-state index in [1.807, 2.05) is 12.1 Å². The summed E-state index contributed by atoms with van der Waals surface area (Å²) in [5.74, 6) is 0.980. The van der Waals surface area contributed by atoms with Gasteiger partial charge in [-0.25, -0.2) is 0 Å². The van der Waals surface area contributed by atoms with Crippen molar-refractivity contribution in [2.75, 3.05) is 6.61 Å². The van der Waals surface area contributed by atoms with Crippen LogP contribution in [0.2, 0.25) is 0 Å². The van der Waals surface area contributed by atoms with Crippen molar-refractivity contribution in [3.8, 4) is 5.75 Å². The largest absolute Gasteiger partial charge is 0.493 e. The third kappa shape index (κ3) is 2.49. The Morgan fingerprint density at radius 3 is 2.86 bits per heavy atom. The predicted molar refractivity (Wildman–Crippen MR) is 85.3 cm³/mol. The molecule has 0 spiro atoms. The summed E-state index contributed by atoms with van der Waals surface area (Å²) in [6.45, 7) is 0.766. The van der Waals surface area contributed by atoms with Gasteiger partial charge in [0.25, 0.3) is 0 Å². The minimum atomic E-state index is -0.493. The Kier molecular flexibility index (Phi) is 3.48. The lowest BCUT2D eigenvalue weighted by Gasteiger charge is -2.10. The molecule has 4 rings (SSSR count). The molecule has 1 aliphatic heterocycles. The maximum absolute atomic E-state index is 10.7. The monoisotopic (exact) mass is 300 g/mol. The third-order valence-electron chi connectivity index (χ3n) is 4.56. The molecule has 0 saturated heterocycles. The van der Waals surface area contributed by atoms with Crippen LogP contribution in [0.4, 0.5) is 0 Å². The van der Waals surface area contributed by atoms with E-state index in [0.717, 1.165) is 29.2 Å². The van der Waals surface area contributed by atoms with Gasteiger partial charge in [0.15, 0.2) is 0 Å². The molecule has 0 saturated carbocycles. The number of aliphatic hydroxyl groups excluding tert-OH is 1. The van der Waals surface area contributed by atoms with Gasteiger partial charge in [0.2, 0.25) is 0 Å². The summed E-state index contributed by atoms with van der Waals surface area (Å²) in [5.41, 5.74) is 3.69. The second kappa shape index (κ2) is 5.47. The second-order valence-corrected chi connectivity index (χ2v) is 7.19. The molecule has 1 N–H and O–H groups in total. The summed E-state index contributed by atoms with van der Waals surface area (Å²) in [4.78, 5) is 2.59. The van der Waals surface area contributed by atoms with E-state index in [1.165, 1.54) is 48.1 Å². The van der Waals surface area contributed by atoms with E-state index in [0.29, 0.717) is 0 Å². The first-order chi connectivity index (χ1) is 10.3. The molecule has 1 aromatic carbocycles. The first-order valence-electron chi connectivity index (χ1n) is 7.86. The number of benzene rings is 1. The molecule has 2 heterocycles. The second-order valence-electron chi connectivity index (χ2n) is 6.03. The number of fused-ring (bicyclic) bond motifs is 2. The number of hydrogen-bond donors (Lipinski definition) is 1. The molecule has 0 radical (unpaired) electrons. The van der Waals surface area contributed by atoms with Crippen LogP contribution >= 0.6 is 11.3 Å². The molecule has 2 aliphatic rings. The zero-order chi connectivity index (χ0) is 14.2. The lowest BCUT2D eigenvalue weighted by Crippen LogP contribution is -1.97. The van der Waals surface area contributed by atoms with E-state index in [4.69, 9.17) is 4.74 Å². The van der Waals surface area contributed by atoms with Crippen LogP contribution in [0.3, 0.4) is 0 Å². The first-order valence-corrected chi connectivity index (χ1v) is 8.68. The molecule has 0 bridgehead atoms. The average molecular weight is 300 g/mol. The highest BCUT2D eigenvalue weighted by molar-refractivity contribution is 7.12. The van der Waals surface area contributed by atoms with Crippen LogP contribution in [-0.4, -0.2) is 11.7 Å². The maximum Gasteiger partial charge on any atom is 0.122 e. The molecule has 0 fully saturated rings. The summed E-state index contributed by atoms with van der Waals surface area (Å²) >= 11 is 1.80. The fraction of sp³-hybridized carbons (Fsp3) is 0.444. The van der Waals surface area contributed by atoms with E-state index < -0.39 is 6.10 Å². The lowest BCUT2D eigenvalue weighted by atomic mass is 10.0. The Hall–Kier alpha value is -1.32. The average Bonchev–Trinajstić information content (AvgIpc) is 3.08. The van der Waals surface area contributed by atoms with Crippen molar-refractivity contribution in [1.82, 2.24) is 0 Å². The van der Waals surface area contributed by atoms with Gasteiger partial charge in [-0.3, -0.25) is 0 Å². The zero-order valence-corrected chi connectivity index (χ0v) is 12.9. The number of aliphatic hydroxyl groups is 1.